The van der Waals surface area contributed by atoms with Crippen molar-refractivity contribution in [1.29, 1.82) is 0 Å². The predicted octanol–water partition coefficient (Wildman–Crippen LogP) is 4.84. The van der Waals surface area contributed by atoms with Crippen molar-refractivity contribution in [3.8, 4) is 5.75 Å². The lowest BCUT2D eigenvalue weighted by Crippen LogP contribution is -2.10. The first-order valence-electron chi connectivity index (χ1n) is 6.91. The van der Waals surface area contributed by atoms with Gasteiger partial charge in [-0.2, -0.15) is 0 Å². The van der Waals surface area contributed by atoms with E-state index in [1.807, 2.05) is 19.9 Å². The van der Waals surface area contributed by atoms with Crippen molar-refractivity contribution in [2.75, 3.05) is 7.11 Å². The van der Waals surface area contributed by atoms with Gasteiger partial charge in [-0.1, -0.05) is 41.6 Å². The van der Waals surface area contributed by atoms with Gasteiger partial charge in [0.15, 0.2) is 5.78 Å². The van der Waals surface area contributed by atoms with Gasteiger partial charge in [0.2, 0.25) is 0 Å². The Balaban J connectivity index is 2.33. The fourth-order valence-electron chi connectivity index (χ4n) is 3.03. The van der Waals surface area contributed by atoms with E-state index in [2.05, 4.69) is 15.9 Å². The number of Topliss-reactive ketones (excluding diaryl/α,β-unsaturated/α-hetero) is 1. The molecule has 3 heteroatoms. The van der Waals surface area contributed by atoms with Gasteiger partial charge >= 0.3 is 0 Å². The molecule has 0 radical (unpaired) electrons. The summed E-state index contributed by atoms with van der Waals surface area (Å²) in [4.78, 5) is 12.6. The van der Waals surface area contributed by atoms with E-state index in [-0.39, 0.29) is 5.78 Å². The summed E-state index contributed by atoms with van der Waals surface area (Å²) in [6, 6.07) is 2.01. The summed E-state index contributed by atoms with van der Waals surface area (Å²) < 4.78 is 6.44. The predicted molar refractivity (Wildman–Crippen MR) is 81.1 cm³/mol. The Bertz CT molecular complexity index is 488. The number of methoxy groups -OCH3 is 1. The Kier molecular flexibility index (Phi) is 4.67. The fourth-order valence-corrected chi connectivity index (χ4v) is 3.57. The van der Waals surface area contributed by atoms with Gasteiger partial charge in [-0.05, 0) is 37.0 Å². The van der Waals surface area contributed by atoms with Gasteiger partial charge in [0.05, 0.1) is 12.7 Å². The normalized spacial score (nSPS) is 15.8. The van der Waals surface area contributed by atoms with Gasteiger partial charge < -0.3 is 4.74 Å². The van der Waals surface area contributed by atoms with Gasteiger partial charge in [-0.25, -0.2) is 0 Å². The summed E-state index contributed by atoms with van der Waals surface area (Å²) in [5, 5.41) is 0. The van der Waals surface area contributed by atoms with Crippen LogP contribution in [0.3, 0.4) is 0 Å². The molecule has 1 aromatic rings. The van der Waals surface area contributed by atoms with Crippen LogP contribution >= 0.6 is 15.9 Å². The van der Waals surface area contributed by atoms with Crippen LogP contribution in [0, 0.1) is 19.8 Å². The lowest BCUT2D eigenvalue weighted by Gasteiger charge is -2.16. The fraction of sp³-hybridized carbons (Fsp3) is 0.562. The van der Waals surface area contributed by atoms with E-state index in [9.17, 15) is 4.79 Å². The molecule has 1 aliphatic rings. The summed E-state index contributed by atoms with van der Waals surface area (Å²) in [5.41, 5.74) is 2.77. The highest BCUT2D eigenvalue weighted by Gasteiger charge is 2.24. The molecule has 1 aromatic carbocycles. The lowest BCUT2D eigenvalue weighted by atomic mass is 9.93. The quantitative estimate of drug-likeness (QED) is 0.741. The summed E-state index contributed by atoms with van der Waals surface area (Å²) >= 11 is 3.53. The van der Waals surface area contributed by atoms with Crippen LogP contribution in [0.15, 0.2) is 10.5 Å². The molecule has 0 atom stereocenters. The van der Waals surface area contributed by atoms with E-state index in [4.69, 9.17) is 4.74 Å². The Morgan fingerprint density at radius 3 is 2.58 bits per heavy atom. The molecule has 104 valence electrons. The number of hydrogen-bond acceptors (Lipinski definition) is 2. The van der Waals surface area contributed by atoms with Crippen molar-refractivity contribution in [3.05, 3.63) is 27.2 Å². The van der Waals surface area contributed by atoms with Crippen molar-refractivity contribution in [1.82, 2.24) is 0 Å². The molecule has 0 bridgehead atoms. The molecule has 0 aliphatic heterocycles. The number of ketones is 1. The first kappa shape index (κ1) is 14.6. The average molecular weight is 325 g/mol. The molecule has 2 rings (SSSR count). The highest BCUT2D eigenvalue weighted by molar-refractivity contribution is 9.10. The monoisotopic (exact) mass is 324 g/mol. The molecule has 19 heavy (non-hydrogen) atoms. The summed E-state index contributed by atoms with van der Waals surface area (Å²) in [6.07, 6.45) is 5.59. The zero-order valence-electron chi connectivity index (χ0n) is 11.9. The molecule has 0 aromatic heterocycles. The number of carbonyl (C=O) groups excluding carboxylic acids is 1. The molecule has 1 saturated carbocycles. The summed E-state index contributed by atoms with van der Waals surface area (Å²) in [7, 11) is 1.64. The SMILES string of the molecule is COc1c(C)cc(Br)c(C)c1C(=O)CC1CCCC1. The lowest BCUT2D eigenvalue weighted by molar-refractivity contribution is 0.0958. The number of hydrogen-bond donors (Lipinski definition) is 0. The van der Waals surface area contributed by atoms with Crippen LogP contribution in [-0.2, 0) is 0 Å². The molecular weight excluding hydrogens is 304 g/mol. The third-order valence-electron chi connectivity index (χ3n) is 4.09. The molecule has 0 unspecified atom stereocenters. The Labute approximate surface area is 123 Å². The molecule has 0 spiro atoms. The first-order chi connectivity index (χ1) is 9.04. The van der Waals surface area contributed by atoms with Crippen LogP contribution in [0.1, 0.15) is 53.6 Å². The maximum absolute atomic E-state index is 12.6. The van der Waals surface area contributed by atoms with Gasteiger partial charge in [0.25, 0.3) is 0 Å². The van der Waals surface area contributed by atoms with E-state index >= 15 is 0 Å². The van der Waals surface area contributed by atoms with Crippen LogP contribution in [0.5, 0.6) is 5.75 Å². The van der Waals surface area contributed by atoms with Gasteiger partial charge in [-0.15, -0.1) is 0 Å². The topological polar surface area (TPSA) is 26.3 Å². The van der Waals surface area contributed by atoms with E-state index in [0.29, 0.717) is 12.3 Å². The number of rotatable bonds is 4. The molecule has 0 saturated heterocycles. The highest BCUT2D eigenvalue weighted by atomic mass is 79.9. The van der Waals surface area contributed by atoms with E-state index in [1.54, 1.807) is 7.11 Å². The number of benzene rings is 1. The largest absolute Gasteiger partial charge is 0.496 e. The van der Waals surface area contributed by atoms with Gasteiger partial charge in [0, 0.05) is 10.9 Å². The number of ether oxygens (including phenoxy) is 1. The van der Waals surface area contributed by atoms with Crippen molar-refractivity contribution < 1.29 is 9.53 Å². The standard InChI is InChI=1S/C16H21BrO2/c1-10-8-13(17)11(2)15(16(10)19-3)14(18)9-12-6-4-5-7-12/h8,12H,4-7,9H2,1-3H3. The van der Waals surface area contributed by atoms with Crippen molar-refractivity contribution in [3.63, 3.8) is 0 Å². The van der Waals surface area contributed by atoms with E-state index in [0.717, 1.165) is 26.9 Å². The highest BCUT2D eigenvalue weighted by Crippen LogP contribution is 2.35. The number of halogens is 1. The smallest absolute Gasteiger partial charge is 0.167 e. The molecule has 0 amide bonds. The minimum absolute atomic E-state index is 0.227. The third-order valence-corrected chi connectivity index (χ3v) is 4.92. The number of aryl methyl sites for hydroxylation is 1. The van der Waals surface area contributed by atoms with Crippen LogP contribution in [-0.4, -0.2) is 12.9 Å². The van der Waals surface area contributed by atoms with Crippen molar-refractivity contribution in [2.45, 2.75) is 46.0 Å². The van der Waals surface area contributed by atoms with Crippen LogP contribution in [0.2, 0.25) is 0 Å². The van der Waals surface area contributed by atoms with Crippen LogP contribution < -0.4 is 4.74 Å². The Morgan fingerprint density at radius 2 is 2.00 bits per heavy atom. The maximum Gasteiger partial charge on any atom is 0.167 e. The molecule has 0 heterocycles. The summed E-state index contributed by atoms with van der Waals surface area (Å²) in [6.45, 7) is 3.96. The van der Waals surface area contributed by atoms with E-state index in [1.165, 1.54) is 25.7 Å². The van der Waals surface area contributed by atoms with Gasteiger partial charge in [-0.3, -0.25) is 4.79 Å². The summed E-state index contributed by atoms with van der Waals surface area (Å²) in [5.74, 6) is 1.53. The second-order valence-electron chi connectivity index (χ2n) is 5.49. The average Bonchev–Trinajstić information content (AvgIpc) is 2.85. The third kappa shape index (κ3) is 3.02. The molecule has 0 N–H and O–H groups in total. The van der Waals surface area contributed by atoms with Crippen LogP contribution in [0.25, 0.3) is 0 Å². The Morgan fingerprint density at radius 1 is 1.37 bits per heavy atom. The van der Waals surface area contributed by atoms with E-state index < -0.39 is 0 Å². The second kappa shape index (κ2) is 6.08. The number of carbonyl (C=O) groups is 1. The Hall–Kier alpha value is -0.830. The second-order valence-corrected chi connectivity index (χ2v) is 6.34. The van der Waals surface area contributed by atoms with Crippen molar-refractivity contribution >= 4 is 21.7 Å². The molecule has 2 nitrogen and oxygen atoms in total. The van der Waals surface area contributed by atoms with Crippen molar-refractivity contribution in [2.24, 2.45) is 5.92 Å². The zero-order chi connectivity index (χ0) is 14.0. The molecule has 1 aliphatic carbocycles. The zero-order valence-corrected chi connectivity index (χ0v) is 13.5. The van der Waals surface area contributed by atoms with Gasteiger partial charge in [0.1, 0.15) is 5.75 Å². The van der Waals surface area contributed by atoms with Crippen LogP contribution in [0.4, 0.5) is 0 Å². The minimum Gasteiger partial charge on any atom is -0.496 e. The molecular formula is C16H21BrO2. The maximum atomic E-state index is 12.6. The first-order valence-corrected chi connectivity index (χ1v) is 7.70. The minimum atomic E-state index is 0.227. The molecule has 1 fully saturated rings.